The molecular formula is C22H28N4O2S2. The quantitative estimate of drug-likeness (QED) is 0.454. The predicted molar refractivity (Wildman–Crippen MR) is 122 cm³/mol. The Hall–Kier alpha value is -2.16. The average molecular weight is 445 g/mol. The van der Waals surface area contributed by atoms with Gasteiger partial charge in [-0.3, -0.25) is 4.57 Å². The van der Waals surface area contributed by atoms with Crippen LogP contribution in [0.5, 0.6) is 0 Å². The van der Waals surface area contributed by atoms with Crippen molar-refractivity contribution in [2.24, 2.45) is 0 Å². The molecule has 0 radical (unpaired) electrons. The molecule has 160 valence electrons. The van der Waals surface area contributed by atoms with Crippen LogP contribution in [-0.2, 0) is 16.6 Å². The molecule has 0 saturated heterocycles. The van der Waals surface area contributed by atoms with E-state index in [9.17, 15) is 8.42 Å². The number of aromatic nitrogens is 3. The number of rotatable bonds is 9. The molecule has 0 aliphatic heterocycles. The van der Waals surface area contributed by atoms with Crippen molar-refractivity contribution in [3.63, 3.8) is 0 Å². The first-order chi connectivity index (χ1) is 14.4. The Kier molecular flexibility index (Phi) is 7.33. The average Bonchev–Trinajstić information content (AvgIpc) is 3.11. The fourth-order valence-electron chi connectivity index (χ4n) is 3.22. The number of thioether (sulfide) groups is 1. The Morgan fingerprint density at radius 3 is 2.33 bits per heavy atom. The monoisotopic (exact) mass is 444 g/mol. The summed E-state index contributed by atoms with van der Waals surface area (Å²) in [6.45, 7) is 9.40. The Labute approximate surface area is 183 Å². The minimum Gasteiger partial charge on any atom is -0.298 e. The fraction of sp³-hybridized carbons (Fsp3) is 0.364. The third-order valence-corrected chi connectivity index (χ3v) is 7.71. The van der Waals surface area contributed by atoms with E-state index in [-0.39, 0.29) is 4.90 Å². The lowest BCUT2D eigenvalue weighted by atomic mass is 10.2. The van der Waals surface area contributed by atoms with Crippen LogP contribution < -0.4 is 0 Å². The van der Waals surface area contributed by atoms with Gasteiger partial charge in [-0.05, 0) is 17.7 Å². The van der Waals surface area contributed by atoms with Crippen LogP contribution in [0.15, 0.2) is 64.6 Å². The highest BCUT2D eigenvalue weighted by molar-refractivity contribution is 7.99. The second kappa shape index (κ2) is 9.76. The summed E-state index contributed by atoms with van der Waals surface area (Å²) in [4.78, 5) is 0.274. The van der Waals surface area contributed by atoms with E-state index in [2.05, 4.69) is 40.7 Å². The van der Waals surface area contributed by atoms with E-state index in [1.54, 1.807) is 30.0 Å². The van der Waals surface area contributed by atoms with Gasteiger partial charge in [0.05, 0.1) is 11.4 Å². The molecule has 0 aliphatic carbocycles. The van der Waals surface area contributed by atoms with Gasteiger partial charge in [0.2, 0.25) is 10.0 Å². The third-order valence-electron chi connectivity index (χ3n) is 4.68. The largest absolute Gasteiger partial charge is 0.298 e. The number of hydrogen-bond donors (Lipinski definition) is 0. The first-order valence-corrected chi connectivity index (χ1v) is 12.4. The molecule has 0 amide bonds. The summed E-state index contributed by atoms with van der Waals surface area (Å²) in [5.74, 6) is 0.665. The van der Waals surface area contributed by atoms with Crippen molar-refractivity contribution in [1.82, 2.24) is 19.1 Å². The third kappa shape index (κ3) is 4.94. The van der Waals surface area contributed by atoms with Crippen LogP contribution >= 0.6 is 11.8 Å². The van der Waals surface area contributed by atoms with Crippen molar-refractivity contribution in [3.8, 4) is 11.4 Å². The van der Waals surface area contributed by atoms with Gasteiger partial charge < -0.3 is 0 Å². The summed E-state index contributed by atoms with van der Waals surface area (Å²) in [5.41, 5.74) is 1.87. The highest BCUT2D eigenvalue weighted by Crippen LogP contribution is 2.29. The van der Waals surface area contributed by atoms with Gasteiger partial charge in [0, 0.05) is 23.9 Å². The first kappa shape index (κ1) is 22.5. The predicted octanol–water partition coefficient (Wildman–Crippen LogP) is 4.52. The SMILES string of the molecule is CCN(CC)S(=O)(=O)c1cccc(-c2nnc(SC(C)C)n2Cc2ccccc2)c1. The number of nitrogens with zero attached hydrogens (tertiary/aromatic N) is 4. The molecule has 3 rings (SSSR count). The fourth-order valence-corrected chi connectivity index (χ4v) is 5.51. The maximum Gasteiger partial charge on any atom is 0.243 e. The molecule has 2 aromatic carbocycles. The lowest BCUT2D eigenvalue weighted by Gasteiger charge is -2.19. The standard InChI is InChI=1S/C22H28N4O2S2/c1-5-25(6-2)30(27,28)20-14-10-13-19(15-20)21-23-24-22(29-17(3)4)26(21)16-18-11-8-7-9-12-18/h7-15,17H,5-6,16H2,1-4H3. The normalized spacial score (nSPS) is 12.1. The Bertz CT molecular complexity index is 1080. The highest BCUT2D eigenvalue weighted by atomic mass is 32.2. The minimum absolute atomic E-state index is 0.274. The topological polar surface area (TPSA) is 68.1 Å². The van der Waals surface area contributed by atoms with Gasteiger partial charge in [0.1, 0.15) is 0 Å². The Morgan fingerprint density at radius 1 is 1.00 bits per heavy atom. The van der Waals surface area contributed by atoms with Crippen LogP contribution in [-0.4, -0.2) is 45.8 Å². The molecule has 6 nitrogen and oxygen atoms in total. The van der Waals surface area contributed by atoms with E-state index in [4.69, 9.17) is 0 Å². The number of hydrogen-bond acceptors (Lipinski definition) is 5. The molecule has 0 aliphatic rings. The van der Waals surface area contributed by atoms with Crippen LogP contribution in [0.1, 0.15) is 33.3 Å². The molecule has 0 atom stereocenters. The van der Waals surface area contributed by atoms with E-state index in [1.165, 1.54) is 4.31 Å². The summed E-state index contributed by atoms with van der Waals surface area (Å²) >= 11 is 1.64. The van der Waals surface area contributed by atoms with Gasteiger partial charge >= 0.3 is 0 Å². The zero-order valence-electron chi connectivity index (χ0n) is 17.8. The summed E-state index contributed by atoms with van der Waals surface area (Å²) < 4.78 is 29.5. The lowest BCUT2D eigenvalue weighted by Crippen LogP contribution is -2.30. The van der Waals surface area contributed by atoms with E-state index in [0.717, 1.165) is 16.3 Å². The van der Waals surface area contributed by atoms with Gasteiger partial charge in [0.25, 0.3) is 0 Å². The second-order valence-electron chi connectivity index (χ2n) is 7.16. The Morgan fingerprint density at radius 2 is 1.70 bits per heavy atom. The second-order valence-corrected chi connectivity index (χ2v) is 10.6. The van der Waals surface area contributed by atoms with Crippen LogP contribution in [0.4, 0.5) is 0 Å². The highest BCUT2D eigenvalue weighted by Gasteiger charge is 2.23. The molecule has 0 spiro atoms. The summed E-state index contributed by atoms with van der Waals surface area (Å²) in [7, 11) is -3.54. The van der Waals surface area contributed by atoms with Gasteiger partial charge in [0.15, 0.2) is 11.0 Å². The van der Waals surface area contributed by atoms with Crippen molar-refractivity contribution >= 4 is 21.8 Å². The molecule has 1 heterocycles. The van der Waals surface area contributed by atoms with E-state index in [0.29, 0.717) is 30.7 Å². The van der Waals surface area contributed by atoms with Crippen LogP contribution in [0.2, 0.25) is 0 Å². The number of benzene rings is 2. The smallest absolute Gasteiger partial charge is 0.243 e. The molecule has 0 bridgehead atoms. The minimum atomic E-state index is -3.54. The maximum atomic E-state index is 13.0. The number of sulfonamides is 1. The maximum absolute atomic E-state index is 13.0. The van der Waals surface area contributed by atoms with Crippen molar-refractivity contribution in [3.05, 3.63) is 60.2 Å². The van der Waals surface area contributed by atoms with Crippen LogP contribution in [0.3, 0.4) is 0 Å². The van der Waals surface area contributed by atoms with Gasteiger partial charge in [-0.25, -0.2) is 8.42 Å². The first-order valence-electron chi connectivity index (χ1n) is 10.1. The van der Waals surface area contributed by atoms with Crippen LogP contribution in [0.25, 0.3) is 11.4 Å². The van der Waals surface area contributed by atoms with E-state index in [1.807, 2.05) is 38.1 Å². The molecular weight excluding hydrogens is 416 g/mol. The van der Waals surface area contributed by atoms with Gasteiger partial charge in [-0.15, -0.1) is 10.2 Å². The van der Waals surface area contributed by atoms with Gasteiger partial charge in [-0.2, -0.15) is 4.31 Å². The molecule has 0 saturated carbocycles. The van der Waals surface area contributed by atoms with E-state index >= 15 is 0 Å². The summed E-state index contributed by atoms with van der Waals surface area (Å²) in [5, 5.41) is 10.0. The van der Waals surface area contributed by atoms with Crippen molar-refractivity contribution in [1.29, 1.82) is 0 Å². The molecule has 8 heteroatoms. The van der Waals surface area contributed by atoms with Gasteiger partial charge in [-0.1, -0.05) is 81.9 Å². The molecule has 1 aromatic heterocycles. The Balaban J connectivity index is 2.06. The van der Waals surface area contributed by atoms with E-state index < -0.39 is 10.0 Å². The van der Waals surface area contributed by atoms with Crippen molar-refractivity contribution in [2.45, 2.75) is 49.5 Å². The zero-order valence-corrected chi connectivity index (χ0v) is 19.4. The summed E-state index contributed by atoms with van der Waals surface area (Å²) in [6, 6.07) is 17.1. The molecule has 3 aromatic rings. The summed E-state index contributed by atoms with van der Waals surface area (Å²) in [6.07, 6.45) is 0. The molecule has 0 N–H and O–H groups in total. The van der Waals surface area contributed by atoms with Crippen molar-refractivity contribution in [2.75, 3.05) is 13.1 Å². The van der Waals surface area contributed by atoms with Crippen molar-refractivity contribution < 1.29 is 8.42 Å². The molecule has 0 fully saturated rings. The molecule has 0 unspecified atom stereocenters. The lowest BCUT2D eigenvalue weighted by molar-refractivity contribution is 0.445. The van der Waals surface area contributed by atoms with Crippen LogP contribution in [0, 0.1) is 0 Å². The molecule has 30 heavy (non-hydrogen) atoms. The zero-order chi connectivity index (χ0) is 21.7.